The number of amides is 1. The van der Waals surface area contributed by atoms with E-state index in [1.54, 1.807) is 0 Å². The van der Waals surface area contributed by atoms with Gasteiger partial charge in [0.15, 0.2) is 6.10 Å². The van der Waals surface area contributed by atoms with Crippen LogP contribution in [0.5, 0.6) is 0 Å². The van der Waals surface area contributed by atoms with Crippen molar-refractivity contribution in [2.75, 3.05) is 5.32 Å². The van der Waals surface area contributed by atoms with Crippen LogP contribution in [0.1, 0.15) is 6.92 Å². The molecule has 2 aromatic carbocycles. The lowest BCUT2D eigenvalue weighted by molar-refractivity contribution is -0.141. The van der Waals surface area contributed by atoms with Gasteiger partial charge in [-0.3, -0.25) is 9.59 Å². The summed E-state index contributed by atoms with van der Waals surface area (Å²) in [4.78, 5) is 21.8. The van der Waals surface area contributed by atoms with E-state index in [0.29, 0.717) is 5.69 Å². The van der Waals surface area contributed by atoms with E-state index in [9.17, 15) is 9.59 Å². The second-order valence-electron chi connectivity index (χ2n) is 3.93. The molecule has 0 aliphatic carbocycles. The number of hydrogen-bond donors (Lipinski definition) is 1. The summed E-state index contributed by atoms with van der Waals surface area (Å²) in [7, 11) is 0. The van der Waals surface area contributed by atoms with E-state index in [1.807, 2.05) is 42.5 Å². The fourth-order valence-electron chi connectivity index (χ4n) is 1.66. The summed E-state index contributed by atoms with van der Waals surface area (Å²) in [5.41, 5.74) is 0.681. The summed E-state index contributed by atoms with van der Waals surface area (Å²) in [6.07, 6.45) is -0.797. The SMILES string of the molecule is CC(OC=O)C(=O)Nc1ccc2ccccc2c1. The van der Waals surface area contributed by atoms with E-state index in [1.165, 1.54) is 6.92 Å². The first-order valence-corrected chi connectivity index (χ1v) is 5.59. The first-order chi connectivity index (χ1) is 8.70. The lowest BCUT2D eigenvalue weighted by atomic mass is 10.1. The third-order valence-corrected chi connectivity index (χ3v) is 2.65. The van der Waals surface area contributed by atoms with Gasteiger partial charge in [-0.25, -0.2) is 0 Å². The number of ether oxygens (including phenoxy) is 1. The first kappa shape index (κ1) is 12.1. The minimum absolute atomic E-state index is 0.268. The van der Waals surface area contributed by atoms with Crippen LogP contribution in [-0.2, 0) is 14.3 Å². The Bertz CT molecular complexity index is 580. The van der Waals surface area contributed by atoms with Gasteiger partial charge >= 0.3 is 0 Å². The Morgan fingerprint density at radius 1 is 1.22 bits per heavy atom. The molecule has 18 heavy (non-hydrogen) atoms. The number of fused-ring (bicyclic) bond motifs is 1. The Labute approximate surface area is 105 Å². The monoisotopic (exact) mass is 243 g/mol. The number of carbonyl (C=O) groups is 2. The van der Waals surface area contributed by atoms with Crippen molar-refractivity contribution >= 4 is 28.8 Å². The maximum atomic E-state index is 11.6. The predicted molar refractivity (Wildman–Crippen MR) is 69.2 cm³/mol. The molecule has 1 amide bonds. The summed E-state index contributed by atoms with van der Waals surface area (Å²) in [5, 5.41) is 4.84. The molecule has 4 heteroatoms. The van der Waals surface area contributed by atoms with Gasteiger partial charge in [-0.05, 0) is 29.8 Å². The van der Waals surface area contributed by atoms with Gasteiger partial charge in [-0.15, -0.1) is 0 Å². The van der Waals surface area contributed by atoms with Gasteiger partial charge < -0.3 is 10.1 Å². The molecule has 0 aliphatic heterocycles. The van der Waals surface area contributed by atoms with Gasteiger partial charge in [0.05, 0.1) is 0 Å². The fraction of sp³-hybridized carbons (Fsp3) is 0.143. The van der Waals surface area contributed by atoms with Crippen LogP contribution in [0.4, 0.5) is 5.69 Å². The van der Waals surface area contributed by atoms with Crippen LogP contribution in [0.25, 0.3) is 10.8 Å². The number of rotatable bonds is 4. The maximum absolute atomic E-state index is 11.6. The topological polar surface area (TPSA) is 55.4 Å². The summed E-state index contributed by atoms with van der Waals surface area (Å²) in [6, 6.07) is 13.5. The molecule has 0 bridgehead atoms. The zero-order valence-corrected chi connectivity index (χ0v) is 9.92. The zero-order valence-electron chi connectivity index (χ0n) is 9.92. The highest BCUT2D eigenvalue weighted by Crippen LogP contribution is 2.18. The molecule has 0 saturated carbocycles. The number of nitrogens with one attached hydrogen (secondary N) is 1. The predicted octanol–water partition coefficient (Wildman–Crippen LogP) is 2.34. The molecular weight excluding hydrogens is 230 g/mol. The van der Waals surface area contributed by atoms with Crippen molar-refractivity contribution in [2.45, 2.75) is 13.0 Å². The number of benzene rings is 2. The van der Waals surface area contributed by atoms with Crippen LogP contribution >= 0.6 is 0 Å². The number of hydrogen-bond acceptors (Lipinski definition) is 3. The van der Waals surface area contributed by atoms with Gasteiger partial charge in [-0.1, -0.05) is 30.3 Å². The third-order valence-electron chi connectivity index (χ3n) is 2.65. The van der Waals surface area contributed by atoms with E-state index >= 15 is 0 Å². The summed E-state index contributed by atoms with van der Waals surface area (Å²) >= 11 is 0. The Balaban J connectivity index is 2.16. The molecule has 0 saturated heterocycles. The highest BCUT2D eigenvalue weighted by molar-refractivity contribution is 5.96. The second-order valence-corrected chi connectivity index (χ2v) is 3.93. The summed E-state index contributed by atoms with van der Waals surface area (Å²) < 4.78 is 4.57. The van der Waals surface area contributed by atoms with Crippen LogP contribution in [0.2, 0.25) is 0 Å². The quantitative estimate of drug-likeness (QED) is 0.838. The van der Waals surface area contributed by atoms with Crippen LogP contribution in [0, 0.1) is 0 Å². The third kappa shape index (κ3) is 2.66. The second kappa shape index (κ2) is 5.31. The van der Waals surface area contributed by atoms with Crippen molar-refractivity contribution in [3.8, 4) is 0 Å². The molecule has 0 fully saturated rings. The highest BCUT2D eigenvalue weighted by atomic mass is 16.5. The number of anilines is 1. The van der Waals surface area contributed by atoms with E-state index in [4.69, 9.17) is 0 Å². The molecule has 92 valence electrons. The van der Waals surface area contributed by atoms with E-state index in [2.05, 4.69) is 10.1 Å². The Morgan fingerprint density at radius 3 is 2.67 bits per heavy atom. The van der Waals surface area contributed by atoms with Crippen LogP contribution < -0.4 is 5.32 Å². The van der Waals surface area contributed by atoms with Gasteiger partial charge in [0.2, 0.25) is 0 Å². The Kier molecular flexibility index (Phi) is 3.57. The van der Waals surface area contributed by atoms with E-state index in [-0.39, 0.29) is 12.4 Å². The van der Waals surface area contributed by atoms with Crippen molar-refractivity contribution in [1.29, 1.82) is 0 Å². The fourth-order valence-corrected chi connectivity index (χ4v) is 1.66. The lowest BCUT2D eigenvalue weighted by Gasteiger charge is -2.10. The maximum Gasteiger partial charge on any atom is 0.293 e. The van der Waals surface area contributed by atoms with Gasteiger partial charge in [0, 0.05) is 5.69 Å². The van der Waals surface area contributed by atoms with E-state index in [0.717, 1.165) is 10.8 Å². The van der Waals surface area contributed by atoms with Crippen LogP contribution in [0.15, 0.2) is 42.5 Å². The average molecular weight is 243 g/mol. The van der Waals surface area contributed by atoms with Crippen molar-refractivity contribution in [3.05, 3.63) is 42.5 Å². The van der Waals surface area contributed by atoms with Gasteiger partial charge in [-0.2, -0.15) is 0 Å². The highest BCUT2D eigenvalue weighted by Gasteiger charge is 2.13. The Morgan fingerprint density at radius 2 is 1.94 bits per heavy atom. The molecule has 0 heterocycles. The largest absolute Gasteiger partial charge is 0.455 e. The number of carbonyl (C=O) groups excluding carboxylic acids is 2. The molecule has 0 aromatic heterocycles. The first-order valence-electron chi connectivity index (χ1n) is 5.59. The lowest BCUT2D eigenvalue weighted by Crippen LogP contribution is -2.27. The molecule has 2 rings (SSSR count). The average Bonchev–Trinajstić information content (AvgIpc) is 2.39. The van der Waals surface area contributed by atoms with Crippen molar-refractivity contribution in [2.24, 2.45) is 0 Å². The molecule has 0 spiro atoms. The Hall–Kier alpha value is -2.36. The molecular formula is C14H13NO3. The van der Waals surface area contributed by atoms with Crippen molar-refractivity contribution in [3.63, 3.8) is 0 Å². The standard InChI is InChI=1S/C14H13NO3/c1-10(18-9-16)14(17)15-13-7-6-11-4-2-3-5-12(11)8-13/h2-10H,1H3,(H,15,17). The molecule has 0 radical (unpaired) electrons. The van der Waals surface area contributed by atoms with E-state index < -0.39 is 6.10 Å². The van der Waals surface area contributed by atoms with Crippen LogP contribution in [0.3, 0.4) is 0 Å². The molecule has 4 nitrogen and oxygen atoms in total. The molecule has 0 aliphatic rings. The summed E-state index contributed by atoms with van der Waals surface area (Å²) in [6.45, 7) is 1.79. The minimum Gasteiger partial charge on any atom is -0.455 e. The van der Waals surface area contributed by atoms with Gasteiger partial charge in [0.25, 0.3) is 12.4 Å². The normalized spacial score (nSPS) is 11.8. The molecule has 1 N–H and O–H groups in total. The molecule has 1 unspecified atom stereocenters. The summed E-state index contributed by atoms with van der Waals surface area (Å²) in [5.74, 6) is -0.350. The zero-order chi connectivity index (χ0) is 13.0. The van der Waals surface area contributed by atoms with Crippen molar-refractivity contribution < 1.29 is 14.3 Å². The molecule has 2 aromatic rings. The van der Waals surface area contributed by atoms with Crippen LogP contribution in [-0.4, -0.2) is 18.5 Å². The smallest absolute Gasteiger partial charge is 0.293 e. The minimum atomic E-state index is -0.797. The van der Waals surface area contributed by atoms with Crippen molar-refractivity contribution in [1.82, 2.24) is 0 Å². The van der Waals surface area contributed by atoms with Gasteiger partial charge in [0.1, 0.15) is 0 Å². The molecule has 1 atom stereocenters.